The van der Waals surface area contributed by atoms with Crippen molar-refractivity contribution in [3.05, 3.63) is 126 Å². The summed E-state index contributed by atoms with van der Waals surface area (Å²) in [5.41, 5.74) is 4.68. The van der Waals surface area contributed by atoms with Gasteiger partial charge in [-0.1, -0.05) is 54.6 Å². The smallest absolute Gasteiger partial charge is 0.255 e. The topological polar surface area (TPSA) is 51.2 Å². The van der Waals surface area contributed by atoms with Gasteiger partial charge in [-0.25, -0.2) is 0 Å². The first-order valence-electron chi connectivity index (χ1n) is 9.83. The molecule has 0 aliphatic carbocycles. The van der Waals surface area contributed by atoms with E-state index in [0.717, 1.165) is 23.2 Å². The summed E-state index contributed by atoms with van der Waals surface area (Å²) in [6, 6.07) is 29.1. The fraction of sp³-hybridized carbons (Fsp3) is 0.0769. The minimum atomic E-state index is -0.144. The highest BCUT2D eigenvalue weighted by molar-refractivity contribution is 6.04. The summed E-state index contributed by atoms with van der Waals surface area (Å²) in [6.45, 7) is 0.437. The van der Waals surface area contributed by atoms with E-state index in [1.807, 2.05) is 54.6 Å². The van der Waals surface area contributed by atoms with Gasteiger partial charge in [0.2, 0.25) is 0 Å². The van der Waals surface area contributed by atoms with Gasteiger partial charge in [0.1, 0.15) is 12.4 Å². The minimum Gasteiger partial charge on any atom is -0.489 e. The fourth-order valence-corrected chi connectivity index (χ4v) is 3.16. The summed E-state index contributed by atoms with van der Waals surface area (Å²) in [5, 5.41) is 3.04. The van der Waals surface area contributed by atoms with Gasteiger partial charge in [0.15, 0.2) is 0 Å². The number of nitrogens with zero attached hydrogens (tertiary/aromatic N) is 1. The lowest BCUT2D eigenvalue weighted by Gasteiger charge is -2.12. The number of anilines is 1. The molecule has 4 nitrogen and oxygen atoms in total. The van der Waals surface area contributed by atoms with Gasteiger partial charge in [0.05, 0.1) is 0 Å². The van der Waals surface area contributed by atoms with Gasteiger partial charge in [-0.2, -0.15) is 0 Å². The highest BCUT2D eigenvalue weighted by Gasteiger charge is 2.10. The number of nitrogens with one attached hydrogen (secondary N) is 1. The van der Waals surface area contributed by atoms with Crippen molar-refractivity contribution in [3.63, 3.8) is 0 Å². The van der Waals surface area contributed by atoms with E-state index in [1.54, 1.807) is 36.7 Å². The van der Waals surface area contributed by atoms with Crippen LogP contribution in [0.15, 0.2) is 103 Å². The first-order chi connectivity index (χ1) is 14.8. The fourth-order valence-electron chi connectivity index (χ4n) is 3.16. The van der Waals surface area contributed by atoms with Crippen molar-refractivity contribution < 1.29 is 9.53 Å². The second kappa shape index (κ2) is 9.52. The number of pyridine rings is 1. The highest BCUT2D eigenvalue weighted by Crippen LogP contribution is 2.21. The number of benzene rings is 3. The van der Waals surface area contributed by atoms with E-state index in [1.165, 1.54) is 5.56 Å². The van der Waals surface area contributed by atoms with Gasteiger partial charge >= 0.3 is 0 Å². The molecule has 0 atom stereocenters. The third kappa shape index (κ3) is 5.11. The summed E-state index contributed by atoms with van der Waals surface area (Å²) in [7, 11) is 0. The zero-order valence-electron chi connectivity index (χ0n) is 16.5. The van der Waals surface area contributed by atoms with Crippen LogP contribution >= 0.6 is 0 Å². The minimum absolute atomic E-state index is 0.144. The van der Waals surface area contributed by atoms with Crippen molar-refractivity contribution in [2.45, 2.75) is 13.0 Å². The maximum Gasteiger partial charge on any atom is 0.255 e. The Hall–Kier alpha value is -3.92. The standard InChI is InChI=1S/C26H22N2O2/c29-26(22-12-14-24(15-13-22)30-19-21-9-6-16-27-18-21)28-25-11-5-4-10-23(25)17-20-7-2-1-3-8-20/h1-16,18H,17,19H2,(H,28,29). The number of ether oxygens (including phenoxy) is 1. The molecule has 4 heteroatoms. The van der Waals surface area contributed by atoms with E-state index in [4.69, 9.17) is 4.74 Å². The Labute approximate surface area is 176 Å². The number of hydrogen-bond donors (Lipinski definition) is 1. The lowest BCUT2D eigenvalue weighted by molar-refractivity contribution is 0.102. The van der Waals surface area contributed by atoms with Crippen molar-refractivity contribution in [2.75, 3.05) is 5.32 Å². The molecule has 148 valence electrons. The van der Waals surface area contributed by atoms with Crippen molar-refractivity contribution in [2.24, 2.45) is 0 Å². The number of hydrogen-bond acceptors (Lipinski definition) is 3. The van der Waals surface area contributed by atoms with Gasteiger partial charge in [-0.3, -0.25) is 9.78 Å². The first kappa shape index (κ1) is 19.4. The molecule has 0 fully saturated rings. The number of para-hydroxylation sites is 1. The number of amides is 1. The van der Waals surface area contributed by atoms with Gasteiger partial charge in [-0.05, 0) is 53.9 Å². The van der Waals surface area contributed by atoms with Crippen LogP contribution in [0.3, 0.4) is 0 Å². The number of aromatic nitrogens is 1. The van der Waals surface area contributed by atoms with Crippen LogP contribution in [-0.4, -0.2) is 10.9 Å². The van der Waals surface area contributed by atoms with Gasteiger partial charge in [0.25, 0.3) is 5.91 Å². The maximum absolute atomic E-state index is 12.7. The second-order valence-corrected chi connectivity index (χ2v) is 6.95. The van der Waals surface area contributed by atoms with Crippen LogP contribution < -0.4 is 10.1 Å². The lowest BCUT2D eigenvalue weighted by atomic mass is 10.0. The van der Waals surface area contributed by atoms with Crippen molar-refractivity contribution >= 4 is 11.6 Å². The van der Waals surface area contributed by atoms with Crippen LogP contribution in [0.4, 0.5) is 5.69 Å². The Morgan fingerprint density at radius 3 is 2.30 bits per heavy atom. The second-order valence-electron chi connectivity index (χ2n) is 6.95. The average molecular weight is 394 g/mol. The molecule has 3 aromatic carbocycles. The molecule has 0 saturated carbocycles. The summed E-state index contributed by atoms with van der Waals surface area (Å²) < 4.78 is 5.76. The SMILES string of the molecule is O=C(Nc1ccccc1Cc1ccccc1)c1ccc(OCc2cccnc2)cc1. The summed E-state index contributed by atoms with van der Waals surface area (Å²) in [4.78, 5) is 16.8. The van der Waals surface area contributed by atoms with Gasteiger partial charge in [-0.15, -0.1) is 0 Å². The summed E-state index contributed by atoms with van der Waals surface area (Å²) >= 11 is 0. The molecule has 1 amide bonds. The molecular weight excluding hydrogens is 372 g/mol. The summed E-state index contributed by atoms with van der Waals surface area (Å²) in [6.07, 6.45) is 4.27. The molecule has 1 aromatic heterocycles. The first-order valence-corrected chi connectivity index (χ1v) is 9.83. The zero-order chi connectivity index (χ0) is 20.6. The van der Waals surface area contributed by atoms with E-state index in [0.29, 0.717) is 17.9 Å². The van der Waals surface area contributed by atoms with E-state index in [-0.39, 0.29) is 5.91 Å². The number of carbonyl (C=O) groups is 1. The third-order valence-electron chi connectivity index (χ3n) is 4.75. The molecule has 0 spiro atoms. The Morgan fingerprint density at radius 2 is 1.53 bits per heavy atom. The van der Waals surface area contributed by atoms with Crippen LogP contribution in [-0.2, 0) is 13.0 Å². The van der Waals surface area contributed by atoms with Crippen LogP contribution in [0, 0.1) is 0 Å². The summed E-state index contributed by atoms with van der Waals surface area (Å²) in [5.74, 6) is 0.564. The quantitative estimate of drug-likeness (QED) is 0.450. The Morgan fingerprint density at radius 1 is 0.800 bits per heavy atom. The normalized spacial score (nSPS) is 10.4. The highest BCUT2D eigenvalue weighted by atomic mass is 16.5. The molecule has 0 aliphatic heterocycles. The van der Waals surface area contributed by atoms with Crippen molar-refractivity contribution in [1.29, 1.82) is 0 Å². The average Bonchev–Trinajstić information content (AvgIpc) is 2.81. The molecule has 0 radical (unpaired) electrons. The Balaban J connectivity index is 1.40. The molecule has 0 aliphatic rings. The van der Waals surface area contributed by atoms with Crippen LogP contribution in [0.5, 0.6) is 5.75 Å². The van der Waals surface area contributed by atoms with E-state index < -0.39 is 0 Å². The molecule has 1 N–H and O–H groups in total. The zero-order valence-corrected chi connectivity index (χ0v) is 16.5. The van der Waals surface area contributed by atoms with Gasteiger partial charge in [0, 0.05) is 29.2 Å². The Bertz CT molecular complexity index is 1090. The molecule has 4 aromatic rings. The van der Waals surface area contributed by atoms with Crippen LogP contribution in [0.2, 0.25) is 0 Å². The number of carbonyl (C=O) groups excluding carboxylic acids is 1. The molecule has 1 heterocycles. The molecule has 4 rings (SSSR count). The molecule has 30 heavy (non-hydrogen) atoms. The predicted octanol–water partition coefficient (Wildman–Crippen LogP) is 5.50. The maximum atomic E-state index is 12.7. The van der Waals surface area contributed by atoms with Gasteiger partial charge < -0.3 is 10.1 Å². The molecular formula is C26H22N2O2. The third-order valence-corrected chi connectivity index (χ3v) is 4.75. The lowest BCUT2D eigenvalue weighted by Crippen LogP contribution is -2.13. The van der Waals surface area contributed by atoms with E-state index in [9.17, 15) is 4.79 Å². The molecule has 0 unspecified atom stereocenters. The monoisotopic (exact) mass is 394 g/mol. The molecule has 0 saturated heterocycles. The van der Waals surface area contributed by atoms with Crippen molar-refractivity contribution in [1.82, 2.24) is 4.98 Å². The van der Waals surface area contributed by atoms with E-state index >= 15 is 0 Å². The predicted molar refractivity (Wildman–Crippen MR) is 119 cm³/mol. The largest absolute Gasteiger partial charge is 0.489 e. The molecule has 0 bridgehead atoms. The van der Waals surface area contributed by atoms with Crippen LogP contribution in [0.1, 0.15) is 27.0 Å². The van der Waals surface area contributed by atoms with E-state index in [2.05, 4.69) is 22.4 Å². The Kier molecular flexibility index (Phi) is 6.16. The number of rotatable bonds is 7. The van der Waals surface area contributed by atoms with Crippen molar-refractivity contribution in [3.8, 4) is 5.75 Å². The van der Waals surface area contributed by atoms with Crippen LogP contribution in [0.25, 0.3) is 0 Å².